The van der Waals surface area contributed by atoms with Crippen molar-refractivity contribution in [3.63, 3.8) is 0 Å². The number of rotatable bonds is 4. The zero-order valence-corrected chi connectivity index (χ0v) is 11.6. The first-order valence-electron chi connectivity index (χ1n) is 6.88. The summed E-state index contributed by atoms with van der Waals surface area (Å²) in [5.41, 5.74) is 0.850. The second-order valence-corrected chi connectivity index (χ2v) is 4.83. The Hall–Kier alpha value is -2.23. The number of ether oxygens (including phenoxy) is 1. The van der Waals surface area contributed by atoms with Gasteiger partial charge in [0.25, 0.3) is 0 Å². The predicted molar refractivity (Wildman–Crippen MR) is 80.4 cm³/mol. The SMILES string of the molecule is COc1cccc(N=Cc2ccc(N3CCCC3)o2)c1. The molecule has 1 aliphatic rings. The number of hydrogen-bond donors (Lipinski definition) is 0. The number of methoxy groups -OCH3 is 1. The van der Waals surface area contributed by atoms with E-state index in [-0.39, 0.29) is 0 Å². The average molecular weight is 270 g/mol. The van der Waals surface area contributed by atoms with Crippen molar-refractivity contribution >= 4 is 17.8 Å². The molecule has 3 rings (SSSR count). The minimum Gasteiger partial charge on any atom is -0.497 e. The molecule has 1 aliphatic heterocycles. The van der Waals surface area contributed by atoms with Crippen LogP contribution in [0.5, 0.6) is 5.75 Å². The minimum atomic E-state index is 0.773. The number of nitrogens with zero attached hydrogens (tertiary/aromatic N) is 2. The average Bonchev–Trinajstić information content (AvgIpc) is 3.16. The van der Waals surface area contributed by atoms with Crippen molar-refractivity contribution in [2.24, 2.45) is 4.99 Å². The smallest absolute Gasteiger partial charge is 0.196 e. The third-order valence-electron chi connectivity index (χ3n) is 3.42. The molecule has 0 unspecified atom stereocenters. The van der Waals surface area contributed by atoms with Crippen LogP contribution in [0.2, 0.25) is 0 Å². The van der Waals surface area contributed by atoms with E-state index in [9.17, 15) is 0 Å². The molecule has 4 heteroatoms. The first-order valence-corrected chi connectivity index (χ1v) is 6.88. The maximum atomic E-state index is 5.79. The molecule has 0 amide bonds. The molecule has 2 aromatic rings. The van der Waals surface area contributed by atoms with E-state index in [4.69, 9.17) is 9.15 Å². The van der Waals surface area contributed by atoms with E-state index in [1.54, 1.807) is 13.3 Å². The fourth-order valence-electron chi connectivity index (χ4n) is 2.35. The van der Waals surface area contributed by atoms with Gasteiger partial charge in [0.15, 0.2) is 5.88 Å². The summed E-state index contributed by atoms with van der Waals surface area (Å²) in [6, 6.07) is 11.6. The molecule has 1 aromatic carbocycles. The Morgan fingerprint density at radius 1 is 1.20 bits per heavy atom. The Kier molecular flexibility index (Phi) is 3.72. The van der Waals surface area contributed by atoms with Crippen molar-refractivity contribution in [2.45, 2.75) is 12.8 Å². The maximum Gasteiger partial charge on any atom is 0.196 e. The lowest BCUT2D eigenvalue weighted by atomic mass is 10.3. The Balaban J connectivity index is 1.71. The van der Waals surface area contributed by atoms with Crippen LogP contribution in [0.15, 0.2) is 45.8 Å². The van der Waals surface area contributed by atoms with Crippen LogP contribution in [0.25, 0.3) is 0 Å². The molecule has 0 spiro atoms. The number of aliphatic imine (C=N–C) groups is 1. The summed E-state index contributed by atoms with van der Waals surface area (Å²) >= 11 is 0. The quantitative estimate of drug-likeness (QED) is 0.796. The Morgan fingerprint density at radius 3 is 2.85 bits per heavy atom. The van der Waals surface area contributed by atoms with E-state index >= 15 is 0 Å². The van der Waals surface area contributed by atoms with Crippen LogP contribution in [0, 0.1) is 0 Å². The largest absolute Gasteiger partial charge is 0.497 e. The Bertz CT molecular complexity index is 598. The first-order chi connectivity index (χ1) is 9.85. The lowest BCUT2D eigenvalue weighted by Crippen LogP contribution is -2.16. The molecule has 1 aromatic heterocycles. The zero-order chi connectivity index (χ0) is 13.8. The normalized spacial score (nSPS) is 15.2. The van der Waals surface area contributed by atoms with Crippen LogP contribution in [-0.2, 0) is 0 Å². The highest BCUT2D eigenvalue weighted by molar-refractivity contribution is 5.79. The van der Waals surface area contributed by atoms with Gasteiger partial charge < -0.3 is 14.1 Å². The van der Waals surface area contributed by atoms with E-state index in [2.05, 4.69) is 9.89 Å². The molecular formula is C16H18N2O2. The van der Waals surface area contributed by atoms with Crippen molar-refractivity contribution in [2.75, 3.05) is 25.1 Å². The molecule has 0 aliphatic carbocycles. The van der Waals surface area contributed by atoms with Gasteiger partial charge in [-0.05, 0) is 31.0 Å². The molecule has 2 heterocycles. The van der Waals surface area contributed by atoms with Gasteiger partial charge in [0.1, 0.15) is 11.5 Å². The van der Waals surface area contributed by atoms with Crippen LogP contribution in [0.1, 0.15) is 18.6 Å². The first kappa shape index (κ1) is 12.8. The molecule has 1 fully saturated rings. The summed E-state index contributed by atoms with van der Waals surface area (Å²) in [6.45, 7) is 2.17. The van der Waals surface area contributed by atoms with Crippen LogP contribution in [0.3, 0.4) is 0 Å². The fourth-order valence-corrected chi connectivity index (χ4v) is 2.35. The second kappa shape index (κ2) is 5.82. The molecule has 0 atom stereocenters. The number of anilines is 1. The third-order valence-corrected chi connectivity index (χ3v) is 3.42. The highest BCUT2D eigenvalue weighted by Crippen LogP contribution is 2.23. The van der Waals surface area contributed by atoms with Gasteiger partial charge in [-0.1, -0.05) is 6.07 Å². The highest BCUT2D eigenvalue weighted by Gasteiger charge is 2.14. The van der Waals surface area contributed by atoms with Crippen LogP contribution < -0.4 is 9.64 Å². The predicted octanol–water partition coefficient (Wildman–Crippen LogP) is 3.64. The van der Waals surface area contributed by atoms with Crippen molar-refractivity contribution < 1.29 is 9.15 Å². The summed E-state index contributed by atoms with van der Waals surface area (Å²) in [5, 5.41) is 0. The van der Waals surface area contributed by atoms with Gasteiger partial charge in [-0.25, -0.2) is 0 Å². The van der Waals surface area contributed by atoms with Crippen molar-refractivity contribution in [1.82, 2.24) is 0 Å². The monoisotopic (exact) mass is 270 g/mol. The zero-order valence-electron chi connectivity index (χ0n) is 11.6. The topological polar surface area (TPSA) is 38.0 Å². The lowest BCUT2D eigenvalue weighted by molar-refractivity contribution is 0.415. The van der Waals surface area contributed by atoms with E-state index in [0.717, 1.165) is 36.2 Å². The molecule has 0 bridgehead atoms. The molecule has 0 N–H and O–H groups in total. The summed E-state index contributed by atoms with van der Waals surface area (Å²) in [7, 11) is 1.65. The Labute approximate surface area is 118 Å². The van der Waals surface area contributed by atoms with E-state index < -0.39 is 0 Å². The molecule has 0 saturated carbocycles. The van der Waals surface area contributed by atoms with Crippen LogP contribution in [0.4, 0.5) is 11.6 Å². The van der Waals surface area contributed by atoms with Gasteiger partial charge in [-0.3, -0.25) is 4.99 Å². The number of benzene rings is 1. The molecule has 4 nitrogen and oxygen atoms in total. The maximum absolute atomic E-state index is 5.79. The minimum absolute atomic E-state index is 0.773. The molecule has 20 heavy (non-hydrogen) atoms. The number of hydrogen-bond acceptors (Lipinski definition) is 4. The second-order valence-electron chi connectivity index (χ2n) is 4.83. The van der Waals surface area contributed by atoms with Crippen molar-refractivity contribution in [1.29, 1.82) is 0 Å². The summed E-state index contributed by atoms with van der Waals surface area (Å²) in [4.78, 5) is 6.67. The van der Waals surface area contributed by atoms with Gasteiger partial charge in [-0.15, -0.1) is 0 Å². The third kappa shape index (κ3) is 2.85. The molecule has 1 saturated heterocycles. The fraction of sp³-hybridized carbons (Fsp3) is 0.312. The molecule has 0 radical (unpaired) electrons. The van der Waals surface area contributed by atoms with Crippen molar-refractivity contribution in [3.05, 3.63) is 42.2 Å². The standard InChI is InChI=1S/C16H18N2O2/c1-19-14-6-4-5-13(11-14)17-12-15-7-8-16(20-15)18-9-2-3-10-18/h4-8,11-12H,2-3,9-10H2,1H3. The van der Waals surface area contributed by atoms with Gasteiger partial charge in [0.05, 0.1) is 19.0 Å². The van der Waals surface area contributed by atoms with Gasteiger partial charge in [0.2, 0.25) is 0 Å². The van der Waals surface area contributed by atoms with E-state index in [0.29, 0.717) is 0 Å². The molecular weight excluding hydrogens is 252 g/mol. The summed E-state index contributed by atoms with van der Waals surface area (Å²) < 4.78 is 11.0. The lowest BCUT2D eigenvalue weighted by Gasteiger charge is -2.12. The van der Waals surface area contributed by atoms with Gasteiger partial charge >= 0.3 is 0 Å². The van der Waals surface area contributed by atoms with Crippen LogP contribution >= 0.6 is 0 Å². The highest BCUT2D eigenvalue weighted by atomic mass is 16.5. The van der Waals surface area contributed by atoms with Crippen molar-refractivity contribution in [3.8, 4) is 5.75 Å². The summed E-state index contributed by atoms with van der Waals surface area (Å²) in [6.07, 6.45) is 4.23. The van der Waals surface area contributed by atoms with Gasteiger partial charge in [0, 0.05) is 25.2 Å². The van der Waals surface area contributed by atoms with Gasteiger partial charge in [-0.2, -0.15) is 0 Å². The Morgan fingerprint density at radius 2 is 2.05 bits per heavy atom. The van der Waals surface area contributed by atoms with E-state index in [1.807, 2.05) is 36.4 Å². The number of furan rings is 1. The van der Waals surface area contributed by atoms with E-state index in [1.165, 1.54) is 12.8 Å². The van der Waals surface area contributed by atoms with Crippen LogP contribution in [-0.4, -0.2) is 26.4 Å². The summed E-state index contributed by atoms with van der Waals surface area (Å²) in [5.74, 6) is 2.51. The molecule has 104 valence electrons.